The fraction of sp³-hybridized carbons (Fsp3) is 0.269. The number of benzene rings is 2. The number of hydrazone groups is 1. The third kappa shape index (κ3) is 6.89. The van der Waals surface area contributed by atoms with Crippen LogP contribution in [0.4, 0.5) is 0 Å². The zero-order valence-electron chi connectivity index (χ0n) is 20.5. The largest absolute Gasteiger partial charge is 0.462 e. The lowest BCUT2D eigenvalue weighted by Crippen LogP contribution is -2.48. The maximum atomic E-state index is 12.7. The Morgan fingerprint density at radius 3 is 2.31 bits per heavy atom. The van der Waals surface area contributed by atoms with Crippen LogP contribution in [0.15, 0.2) is 75.1 Å². The molecule has 190 valence electrons. The predicted octanol–water partition coefficient (Wildman–Crippen LogP) is 3.88. The van der Waals surface area contributed by atoms with Gasteiger partial charge in [-0.15, -0.1) is 0 Å². The van der Waals surface area contributed by atoms with Crippen molar-refractivity contribution in [1.29, 1.82) is 0 Å². The maximum Gasteiger partial charge on any atom is 0.338 e. The number of nitrogens with one attached hydrogen (secondary N) is 2. The number of esters is 1. The summed E-state index contributed by atoms with van der Waals surface area (Å²) in [6.07, 6.45) is 1.32. The summed E-state index contributed by atoms with van der Waals surface area (Å²) in [5.74, 6) is -0.399. The quantitative estimate of drug-likeness (QED) is 0.242. The highest BCUT2D eigenvalue weighted by molar-refractivity contribution is 7.89. The predicted molar refractivity (Wildman–Crippen MR) is 136 cm³/mol. The summed E-state index contributed by atoms with van der Waals surface area (Å²) in [6, 6.07) is 15.5. The summed E-state index contributed by atoms with van der Waals surface area (Å²) in [7, 11) is -3.89. The number of rotatable bonds is 10. The van der Waals surface area contributed by atoms with Crippen LogP contribution in [0.5, 0.6) is 0 Å². The zero-order valence-corrected chi connectivity index (χ0v) is 21.3. The highest BCUT2D eigenvalue weighted by Gasteiger charge is 2.28. The summed E-state index contributed by atoms with van der Waals surface area (Å²) < 4.78 is 38.6. The highest BCUT2D eigenvalue weighted by atomic mass is 32.2. The number of carbonyl (C=O) groups excluding carboxylic acids is 2. The van der Waals surface area contributed by atoms with Crippen molar-refractivity contribution in [2.45, 2.75) is 38.6 Å². The molecule has 0 saturated heterocycles. The van der Waals surface area contributed by atoms with Crippen LogP contribution >= 0.6 is 0 Å². The van der Waals surface area contributed by atoms with Crippen LogP contribution < -0.4 is 10.1 Å². The molecule has 1 aromatic heterocycles. The second-order valence-electron chi connectivity index (χ2n) is 8.39. The molecule has 10 heteroatoms. The molecule has 3 rings (SSSR count). The van der Waals surface area contributed by atoms with Crippen molar-refractivity contribution in [2.75, 3.05) is 6.61 Å². The van der Waals surface area contributed by atoms with Gasteiger partial charge in [-0.2, -0.15) is 9.82 Å². The van der Waals surface area contributed by atoms with Gasteiger partial charge in [0, 0.05) is 5.56 Å². The molecule has 2 aromatic carbocycles. The van der Waals surface area contributed by atoms with Crippen LogP contribution in [-0.2, 0) is 19.6 Å². The Balaban J connectivity index is 1.63. The monoisotopic (exact) mass is 511 g/mol. The second kappa shape index (κ2) is 11.8. The minimum absolute atomic E-state index is 0.0773. The number of amides is 1. The molecule has 0 radical (unpaired) electrons. The number of ether oxygens (including phenoxy) is 1. The average molecular weight is 512 g/mol. The van der Waals surface area contributed by atoms with Gasteiger partial charge in [0.15, 0.2) is 0 Å². The van der Waals surface area contributed by atoms with E-state index in [-0.39, 0.29) is 10.8 Å². The molecule has 0 aliphatic rings. The Labute approximate surface area is 210 Å². The Morgan fingerprint density at radius 1 is 1.03 bits per heavy atom. The van der Waals surface area contributed by atoms with E-state index in [4.69, 9.17) is 9.15 Å². The smallest absolute Gasteiger partial charge is 0.338 e. The molecule has 0 aliphatic heterocycles. The molecule has 1 atom stereocenters. The van der Waals surface area contributed by atoms with Crippen LogP contribution in [0.1, 0.15) is 42.5 Å². The topological polar surface area (TPSA) is 127 Å². The molecule has 0 spiro atoms. The first-order valence-corrected chi connectivity index (χ1v) is 12.9. The molecule has 0 saturated carbocycles. The van der Waals surface area contributed by atoms with E-state index in [1.807, 2.05) is 6.92 Å². The molecule has 0 aliphatic carbocycles. The van der Waals surface area contributed by atoms with Gasteiger partial charge < -0.3 is 9.15 Å². The maximum absolute atomic E-state index is 12.7. The molecule has 1 amide bonds. The van der Waals surface area contributed by atoms with Crippen LogP contribution in [-0.4, -0.2) is 39.2 Å². The van der Waals surface area contributed by atoms with E-state index >= 15 is 0 Å². The van der Waals surface area contributed by atoms with Crippen LogP contribution in [0, 0.1) is 12.8 Å². The Hall–Kier alpha value is -3.76. The number of hydrogen-bond donors (Lipinski definition) is 2. The van der Waals surface area contributed by atoms with Crippen molar-refractivity contribution in [3.8, 4) is 11.3 Å². The molecular formula is C26H29N3O6S. The summed E-state index contributed by atoms with van der Waals surface area (Å²) in [4.78, 5) is 24.5. The zero-order chi connectivity index (χ0) is 26.3. The number of carbonyl (C=O) groups is 2. The third-order valence-corrected chi connectivity index (χ3v) is 6.69. The van der Waals surface area contributed by atoms with Crippen LogP contribution in [0.25, 0.3) is 11.3 Å². The Kier molecular flexibility index (Phi) is 8.78. The van der Waals surface area contributed by atoms with E-state index in [0.717, 1.165) is 11.1 Å². The molecule has 0 fully saturated rings. The number of aryl methyl sites for hydroxylation is 1. The van der Waals surface area contributed by atoms with Gasteiger partial charge in [0.1, 0.15) is 17.6 Å². The summed E-state index contributed by atoms with van der Waals surface area (Å²) in [6.45, 7) is 7.37. The van der Waals surface area contributed by atoms with E-state index in [9.17, 15) is 18.0 Å². The normalized spacial score (nSPS) is 12.6. The second-order valence-corrected chi connectivity index (χ2v) is 10.1. The minimum Gasteiger partial charge on any atom is -0.462 e. The molecule has 1 heterocycles. The standard InChI is InChI=1S/C26H29N3O6S/c1-5-34-26(31)20-10-8-19(9-11-20)23-15-12-21(35-23)16-27-28-25(30)24(17(2)3)29-36(32,33)22-13-6-18(4)7-14-22/h6-17,24,29H,5H2,1-4H3,(H,28,30)/b27-16-/t24-/m0/s1. The number of nitrogens with zero attached hydrogens (tertiary/aromatic N) is 1. The summed E-state index contributed by atoms with van der Waals surface area (Å²) >= 11 is 0. The van der Waals surface area contributed by atoms with Crippen LogP contribution in [0.3, 0.4) is 0 Å². The lowest BCUT2D eigenvalue weighted by Gasteiger charge is -2.20. The fourth-order valence-corrected chi connectivity index (χ4v) is 4.58. The van der Waals surface area contributed by atoms with Gasteiger partial charge >= 0.3 is 5.97 Å². The fourth-order valence-electron chi connectivity index (χ4n) is 3.24. The molecule has 3 aromatic rings. The first-order valence-electron chi connectivity index (χ1n) is 11.4. The SMILES string of the molecule is CCOC(=O)c1ccc(-c2ccc(/C=N\NC(=O)[C@@H](NS(=O)(=O)c3ccc(C)cc3)C(C)C)o2)cc1. The third-order valence-electron chi connectivity index (χ3n) is 5.24. The van der Waals surface area contributed by atoms with Crippen molar-refractivity contribution in [2.24, 2.45) is 11.0 Å². The van der Waals surface area contributed by atoms with Gasteiger partial charge in [0.05, 0.1) is 23.3 Å². The number of hydrogen-bond acceptors (Lipinski definition) is 7. The average Bonchev–Trinajstić information content (AvgIpc) is 3.32. The van der Waals surface area contributed by atoms with Crippen molar-refractivity contribution in [3.63, 3.8) is 0 Å². The van der Waals surface area contributed by atoms with Crippen molar-refractivity contribution in [1.82, 2.24) is 10.1 Å². The van der Waals surface area contributed by atoms with Gasteiger partial charge in [-0.3, -0.25) is 4.79 Å². The van der Waals surface area contributed by atoms with Gasteiger partial charge in [0.25, 0.3) is 5.91 Å². The lowest BCUT2D eigenvalue weighted by atomic mass is 10.1. The van der Waals surface area contributed by atoms with Crippen LogP contribution in [0.2, 0.25) is 0 Å². The number of furan rings is 1. The van der Waals surface area contributed by atoms with E-state index in [2.05, 4.69) is 15.2 Å². The first kappa shape index (κ1) is 26.8. The highest BCUT2D eigenvalue weighted by Crippen LogP contribution is 2.22. The summed E-state index contributed by atoms with van der Waals surface area (Å²) in [5.41, 5.74) is 4.48. The van der Waals surface area contributed by atoms with Crippen molar-refractivity contribution < 1.29 is 27.2 Å². The minimum atomic E-state index is -3.89. The Morgan fingerprint density at radius 2 is 1.69 bits per heavy atom. The molecule has 0 unspecified atom stereocenters. The molecule has 36 heavy (non-hydrogen) atoms. The Bertz CT molecular complexity index is 1330. The summed E-state index contributed by atoms with van der Waals surface area (Å²) in [5, 5.41) is 3.91. The van der Waals surface area contributed by atoms with E-state index in [1.54, 1.807) is 69.3 Å². The molecule has 2 N–H and O–H groups in total. The van der Waals surface area contributed by atoms with Gasteiger partial charge in [0.2, 0.25) is 10.0 Å². The van der Waals surface area contributed by atoms with E-state index < -0.39 is 27.9 Å². The van der Waals surface area contributed by atoms with Gasteiger partial charge in [-0.05, 0) is 56.2 Å². The van der Waals surface area contributed by atoms with Gasteiger partial charge in [-0.1, -0.05) is 43.7 Å². The number of sulfonamides is 1. The van der Waals surface area contributed by atoms with Crippen molar-refractivity contribution in [3.05, 3.63) is 77.6 Å². The first-order chi connectivity index (χ1) is 17.1. The lowest BCUT2D eigenvalue weighted by molar-refractivity contribution is -0.123. The van der Waals surface area contributed by atoms with Gasteiger partial charge in [-0.25, -0.2) is 18.6 Å². The molecule has 9 nitrogen and oxygen atoms in total. The van der Waals surface area contributed by atoms with E-state index in [0.29, 0.717) is 23.7 Å². The van der Waals surface area contributed by atoms with Crippen molar-refractivity contribution >= 4 is 28.1 Å². The van der Waals surface area contributed by atoms with E-state index in [1.165, 1.54) is 18.3 Å². The molecule has 0 bridgehead atoms. The molecular weight excluding hydrogens is 482 g/mol.